The van der Waals surface area contributed by atoms with Crippen LogP contribution in [0.5, 0.6) is 0 Å². The second-order valence-electron chi connectivity index (χ2n) is 5.54. The van der Waals surface area contributed by atoms with E-state index in [9.17, 15) is 18.4 Å². The zero-order chi connectivity index (χ0) is 15.0. The van der Waals surface area contributed by atoms with Gasteiger partial charge in [0, 0.05) is 12.6 Å². The van der Waals surface area contributed by atoms with E-state index in [1.54, 1.807) is 0 Å². The Labute approximate surface area is 121 Å². The summed E-state index contributed by atoms with van der Waals surface area (Å²) in [6.45, 7) is 0.386. The summed E-state index contributed by atoms with van der Waals surface area (Å²) in [5, 5.41) is 2.86. The Hall–Kier alpha value is -1.98. The number of hydrogen-bond acceptors (Lipinski definition) is 2. The molecule has 1 saturated carbocycles. The second kappa shape index (κ2) is 5.42. The molecule has 0 aromatic heterocycles. The number of halogens is 2. The molecule has 1 aromatic carbocycles. The van der Waals surface area contributed by atoms with Gasteiger partial charge in [0.1, 0.15) is 6.04 Å². The normalized spacial score (nSPS) is 21.4. The van der Waals surface area contributed by atoms with E-state index in [1.165, 1.54) is 17.0 Å². The quantitative estimate of drug-likeness (QED) is 0.925. The number of carbonyl (C=O) groups excluding carboxylic acids is 2. The fourth-order valence-electron chi connectivity index (χ4n) is 2.63. The molecule has 4 nitrogen and oxygen atoms in total. The van der Waals surface area contributed by atoms with E-state index >= 15 is 0 Å². The Kier molecular flexibility index (Phi) is 3.61. The molecular weight excluding hydrogens is 278 g/mol. The zero-order valence-electron chi connectivity index (χ0n) is 11.4. The van der Waals surface area contributed by atoms with E-state index < -0.39 is 23.6 Å². The van der Waals surface area contributed by atoms with Crippen LogP contribution in [0.1, 0.15) is 36.0 Å². The van der Waals surface area contributed by atoms with Crippen molar-refractivity contribution < 1.29 is 18.4 Å². The molecule has 21 heavy (non-hydrogen) atoms. The Bertz CT molecular complexity index is 587. The van der Waals surface area contributed by atoms with Crippen LogP contribution in [0.3, 0.4) is 0 Å². The first-order valence-electron chi connectivity index (χ1n) is 7.13. The van der Waals surface area contributed by atoms with E-state index in [0.717, 1.165) is 18.9 Å². The van der Waals surface area contributed by atoms with Gasteiger partial charge in [-0.3, -0.25) is 9.59 Å². The second-order valence-corrected chi connectivity index (χ2v) is 5.54. The van der Waals surface area contributed by atoms with Crippen molar-refractivity contribution in [3.63, 3.8) is 0 Å². The van der Waals surface area contributed by atoms with Crippen molar-refractivity contribution in [2.45, 2.75) is 37.8 Å². The summed E-state index contributed by atoms with van der Waals surface area (Å²) in [5.74, 6) is -3.03. The number of rotatable bonds is 3. The van der Waals surface area contributed by atoms with Crippen molar-refractivity contribution in [3.05, 3.63) is 35.4 Å². The van der Waals surface area contributed by atoms with E-state index in [4.69, 9.17) is 0 Å². The predicted octanol–water partition coefficient (Wildman–Crippen LogP) is 1.85. The molecule has 1 heterocycles. The van der Waals surface area contributed by atoms with Gasteiger partial charge >= 0.3 is 0 Å². The highest BCUT2D eigenvalue weighted by molar-refractivity contribution is 5.98. The van der Waals surface area contributed by atoms with Gasteiger partial charge in [0.2, 0.25) is 5.91 Å². The van der Waals surface area contributed by atoms with Crippen LogP contribution in [0.4, 0.5) is 8.78 Å². The van der Waals surface area contributed by atoms with Gasteiger partial charge in [-0.15, -0.1) is 0 Å². The number of hydrogen-bond donors (Lipinski definition) is 1. The summed E-state index contributed by atoms with van der Waals surface area (Å²) in [6.07, 6.45) is 3.17. The highest BCUT2D eigenvalue weighted by Gasteiger charge is 2.37. The van der Waals surface area contributed by atoms with Crippen molar-refractivity contribution in [3.8, 4) is 0 Å². The van der Waals surface area contributed by atoms with Gasteiger partial charge < -0.3 is 10.2 Å². The van der Waals surface area contributed by atoms with Gasteiger partial charge in [-0.05, 0) is 37.8 Å². The molecule has 1 N–H and O–H groups in total. The molecule has 112 valence electrons. The average Bonchev–Trinajstić information content (AvgIpc) is 3.14. The van der Waals surface area contributed by atoms with Gasteiger partial charge in [0.25, 0.3) is 5.91 Å². The van der Waals surface area contributed by atoms with Gasteiger partial charge in [0.15, 0.2) is 11.6 Å². The summed E-state index contributed by atoms with van der Waals surface area (Å²) in [7, 11) is 0. The fourth-order valence-corrected chi connectivity index (χ4v) is 2.63. The van der Waals surface area contributed by atoms with E-state index in [2.05, 4.69) is 5.32 Å². The Morgan fingerprint density at radius 1 is 1.19 bits per heavy atom. The maximum absolute atomic E-state index is 13.7. The molecule has 3 rings (SSSR count). The van der Waals surface area contributed by atoms with E-state index in [1.807, 2.05) is 0 Å². The molecule has 2 fully saturated rings. The largest absolute Gasteiger partial charge is 0.352 e. The minimum Gasteiger partial charge on any atom is -0.352 e. The third kappa shape index (κ3) is 2.75. The van der Waals surface area contributed by atoms with Crippen LogP contribution in [0.25, 0.3) is 0 Å². The van der Waals surface area contributed by atoms with Crippen LogP contribution in [0.2, 0.25) is 0 Å². The predicted molar refractivity (Wildman–Crippen MR) is 71.6 cm³/mol. The minimum absolute atomic E-state index is 0.194. The third-order valence-corrected chi connectivity index (χ3v) is 3.92. The fraction of sp³-hybridized carbons (Fsp3) is 0.467. The Morgan fingerprint density at radius 3 is 2.67 bits per heavy atom. The highest BCUT2D eigenvalue weighted by Crippen LogP contribution is 2.24. The molecule has 1 unspecified atom stereocenters. The first-order valence-corrected chi connectivity index (χ1v) is 7.13. The van der Waals surface area contributed by atoms with E-state index in [-0.39, 0.29) is 17.5 Å². The van der Waals surface area contributed by atoms with Gasteiger partial charge in [-0.1, -0.05) is 6.07 Å². The monoisotopic (exact) mass is 294 g/mol. The van der Waals surface area contributed by atoms with Gasteiger partial charge in [-0.2, -0.15) is 0 Å². The molecule has 1 saturated heterocycles. The molecule has 6 heteroatoms. The molecule has 1 aliphatic carbocycles. The van der Waals surface area contributed by atoms with Gasteiger partial charge in [-0.25, -0.2) is 8.78 Å². The number of likely N-dealkylation sites (tertiary alicyclic amines) is 1. The highest BCUT2D eigenvalue weighted by atomic mass is 19.2. The van der Waals surface area contributed by atoms with Crippen LogP contribution in [0, 0.1) is 11.6 Å². The van der Waals surface area contributed by atoms with Crippen LogP contribution < -0.4 is 5.32 Å². The maximum atomic E-state index is 13.7. The van der Waals surface area contributed by atoms with Crippen molar-refractivity contribution in [1.29, 1.82) is 0 Å². The molecule has 2 aliphatic rings. The summed E-state index contributed by atoms with van der Waals surface area (Å²) in [6, 6.07) is 3.13. The van der Waals surface area contributed by atoms with Crippen LogP contribution >= 0.6 is 0 Å². The van der Waals surface area contributed by atoms with Crippen molar-refractivity contribution in [2.24, 2.45) is 0 Å². The molecule has 1 atom stereocenters. The zero-order valence-corrected chi connectivity index (χ0v) is 11.4. The lowest BCUT2D eigenvalue weighted by atomic mass is 10.1. The molecular formula is C15H16F2N2O2. The van der Waals surface area contributed by atoms with E-state index in [0.29, 0.717) is 19.4 Å². The Morgan fingerprint density at radius 2 is 1.95 bits per heavy atom. The number of amides is 2. The summed E-state index contributed by atoms with van der Waals surface area (Å²) in [4.78, 5) is 25.8. The SMILES string of the molecule is O=C(NC1CC1)C1CCCN1C(=O)c1cccc(F)c1F. The first-order chi connectivity index (χ1) is 10.1. The molecule has 0 bridgehead atoms. The Balaban J connectivity index is 1.79. The lowest BCUT2D eigenvalue weighted by Gasteiger charge is -2.24. The van der Waals surface area contributed by atoms with Crippen LogP contribution in [0.15, 0.2) is 18.2 Å². The molecule has 2 amide bonds. The van der Waals surface area contributed by atoms with Crippen molar-refractivity contribution >= 4 is 11.8 Å². The average molecular weight is 294 g/mol. The standard InChI is InChI=1S/C15H16F2N2O2/c16-11-4-1-3-10(13(11)17)15(21)19-8-2-5-12(19)14(20)18-9-6-7-9/h1,3-4,9,12H,2,5-8H2,(H,18,20). The number of nitrogens with zero attached hydrogens (tertiary/aromatic N) is 1. The lowest BCUT2D eigenvalue weighted by Crippen LogP contribution is -2.46. The van der Waals surface area contributed by atoms with Crippen molar-refractivity contribution in [1.82, 2.24) is 10.2 Å². The lowest BCUT2D eigenvalue weighted by molar-refractivity contribution is -0.125. The minimum atomic E-state index is -1.16. The smallest absolute Gasteiger partial charge is 0.257 e. The molecule has 1 aliphatic heterocycles. The number of carbonyl (C=O) groups is 2. The third-order valence-electron chi connectivity index (χ3n) is 3.92. The topological polar surface area (TPSA) is 49.4 Å². The summed E-state index contributed by atoms with van der Waals surface area (Å²) in [5.41, 5.74) is -0.318. The van der Waals surface area contributed by atoms with Crippen LogP contribution in [-0.2, 0) is 4.79 Å². The number of nitrogens with one attached hydrogen (secondary N) is 1. The maximum Gasteiger partial charge on any atom is 0.257 e. The van der Waals surface area contributed by atoms with Gasteiger partial charge in [0.05, 0.1) is 5.56 Å². The first kappa shape index (κ1) is 14.0. The number of benzene rings is 1. The molecule has 1 aromatic rings. The molecule has 0 spiro atoms. The van der Waals surface area contributed by atoms with Crippen molar-refractivity contribution in [2.75, 3.05) is 6.54 Å². The van der Waals surface area contributed by atoms with Crippen LogP contribution in [-0.4, -0.2) is 35.3 Å². The molecule has 0 radical (unpaired) electrons. The summed E-state index contributed by atoms with van der Waals surface area (Å²) >= 11 is 0. The summed E-state index contributed by atoms with van der Waals surface area (Å²) < 4.78 is 27.0.